The second kappa shape index (κ2) is 11.4. The average Bonchev–Trinajstić information content (AvgIpc) is 2.94. The Kier molecular flexibility index (Phi) is 8.90. The molecule has 1 aromatic rings. The van der Waals surface area contributed by atoms with E-state index in [0.29, 0.717) is 6.54 Å². The lowest BCUT2D eigenvalue weighted by Gasteiger charge is -2.26. The van der Waals surface area contributed by atoms with Gasteiger partial charge in [0, 0.05) is 13.0 Å². The van der Waals surface area contributed by atoms with Crippen molar-refractivity contribution in [3.05, 3.63) is 47.2 Å². The fourth-order valence-electron chi connectivity index (χ4n) is 3.84. The van der Waals surface area contributed by atoms with Crippen LogP contribution >= 0.6 is 0 Å². The number of carbonyl (C=O) groups excluding carboxylic acids is 2. The van der Waals surface area contributed by atoms with Crippen LogP contribution in [0.1, 0.15) is 76.3 Å². The largest absolute Gasteiger partial charge is 0.503 e. The molecule has 1 heterocycles. The number of benzene rings is 1. The van der Waals surface area contributed by atoms with Gasteiger partial charge >= 0.3 is 5.97 Å². The first kappa shape index (κ1) is 22.7. The Morgan fingerprint density at radius 3 is 2.03 bits per heavy atom. The number of unbranched alkanes of at least 4 members (excludes halogenated alkanes) is 7. The Morgan fingerprint density at radius 2 is 1.48 bits per heavy atom. The van der Waals surface area contributed by atoms with E-state index in [1.54, 1.807) is 4.90 Å². The molecule has 0 spiro atoms. The first-order valence-electron chi connectivity index (χ1n) is 10.4. The monoisotopic (exact) mass is 401 g/mol. The van der Waals surface area contributed by atoms with Gasteiger partial charge in [0.2, 0.25) is 0 Å². The lowest BCUT2D eigenvalue weighted by Crippen LogP contribution is -2.32. The Balaban J connectivity index is 1.80. The summed E-state index contributed by atoms with van der Waals surface area (Å²) in [6, 6.07) is 8.83. The lowest BCUT2D eigenvalue weighted by atomic mass is 9.96. The van der Waals surface area contributed by atoms with E-state index in [4.69, 9.17) is 5.11 Å². The van der Waals surface area contributed by atoms with Gasteiger partial charge in [-0.25, -0.2) is 0 Å². The lowest BCUT2D eigenvalue weighted by molar-refractivity contribution is -0.137. The molecular weight excluding hydrogens is 370 g/mol. The summed E-state index contributed by atoms with van der Waals surface area (Å²) in [4.78, 5) is 36.7. The van der Waals surface area contributed by atoms with Gasteiger partial charge in [0.05, 0.1) is 11.6 Å². The number of aliphatic carboxylic acids is 1. The van der Waals surface area contributed by atoms with Gasteiger partial charge < -0.3 is 15.1 Å². The van der Waals surface area contributed by atoms with Crippen LogP contribution in [0.2, 0.25) is 0 Å². The minimum atomic E-state index is -0.733. The molecule has 2 N–H and O–H groups in total. The van der Waals surface area contributed by atoms with Crippen LogP contribution in [-0.2, 0) is 14.4 Å². The maximum Gasteiger partial charge on any atom is 0.303 e. The maximum atomic E-state index is 12.5. The molecule has 0 fully saturated rings. The van der Waals surface area contributed by atoms with Crippen LogP contribution in [0, 0.1) is 0 Å². The highest BCUT2D eigenvalue weighted by Crippen LogP contribution is 2.37. The SMILES string of the molecule is CC(=O)C1=C(O)C(=O)N(CCCCCCCCCCC(=O)O)[C@H]1c1ccccc1. The van der Waals surface area contributed by atoms with Crippen LogP contribution < -0.4 is 0 Å². The van der Waals surface area contributed by atoms with E-state index in [1.165, 1.54) is 6.92 Å². The summed E-state index contributed by atoms with van der Waals surface area (Å²) in [5.41, 5.74) is 1.01. The summed E-state index contributed by atoms with van der Waals surface area (Å²) in [5.74, 6) is -1.91. The van der Waals surface area contributed by atoms with E-state index in [2.05, 4.69) is 0 Å². The normalized spacial score (nSPS) is 16.5. The highest BCUT2D eigenvalue weighted by atomic mass is 16.4. The van der Waals surface area contributed by atoms with E-state index >= 15 is 0 Å². The van der Waals surface area contributed by atoms with Crippen LogP contribution in [-0.4, -0.2) is 39.3 Å². The van der Waals surface area contributed by atoms with Crippen LogP contribution in [0.25, 0.3) is 0 Å². The summed E-state index contributed by atoms with van der Waals surface area (Å²) < 4.78 is 0. The van der Waals surface area contributed by atoms with Crippen molar-refractivity contribution in [1.29, 1.82) is 0 Å². The third kappa shape index (κ3) is 6.44. The Bertz CT molecular complexity index is 741. The number of hydrogen-bond donors (Lipinski definition) is 2. The molecule has 29 heavy (non-hydrogen) atoms. The molecule has 1 atom stereocenters. The fourth-order valence-corrected chi connectivity index (χ4v) is 3.84. The molecule has 158 valence electrons. The predicted octanol–water partition coefficient (Wildman–Crippen LogP) is 4.57. The molecule has 0 bridgehead atoms. The smallest absolute Gasteiger partial charge is 0.303 e. The second-order valence-electron chi connectivity index (χ2n) is 7.60. The molecule has 0 saturated heterocycles. The number of carbonyl (C=O) groups is 3. The average molecular weight is 402 g/mol. The Labute approximate surface area is 172 Å². The minimum Gasteiger partial charge on any atom is -0.503 e. The first-order chi connectivity index (χ1) is 13.9. The van der Waals surface area contributed by atoms with E-state index in [0.717, 1.165) is 56.9 Å². The van der Waals surface area contributed by atoms with E-state index in [-0.39, 0.29) is 17.8 Å². The van der Waals surface area contributed by atoms with Crippen molar-refractivity contribution < 1.29 is 24.6 Å². The highest BCUT2D eigenvalue weighted by Gasteiger charge is 2.41. The van der Waals surface area contributed by atoms with Gasteiger partial charge in [-0.2, -0.15) is 0 Å². The zero-order chi connectivity index (χ0) is 21.2. The van der Waals surface area contributed by atoms with E-state index < -0.39 is 23.7 Å². The van der Waals surface area contributed by atoms with E-state index in [9.17, 15) is 19.5 Å². The molecule has 1 amide bonds. The predicted molar refractivity (Wildman–Crippen MR) is 110 cm³/mol. The van der Waals surface area contributed by atoms with Gasteiger partial charge in [0.15, 0.2) is 11.5 Å². The van der Waals surface area contributed by atoms with Crippen LogP contribution in [0.15, 0.2) is 41.7 Å². The van der Waals surface area contributed by atoms with Gasteiger partial charge in [-0.05, 0) is 25.3 Å². The van der Waals surface area contributed by atoms with Crippen molar-refractivity contribution in [1.82, 2.24) is 4.90 Å². The topological polar surface area (TPSA) is 94.9 Å². The quantitative estimate of drug-likeness (QED) is 0.472. The van der Waals surface area contributed by atoms with Gasteiger partial charge in [0.25, 0.3) is 5.91 Å². The van der Waals surface area contributed by atoms with Crippen molar-refractivity contribution in [3.63, 3.8) is 0 Å². The minimum absolute atomic E-state index is 0.183. The third-order valence-corrected chi connectivity index (χ3v) is 5.34. The van der Waals surface area contributed by atoms with Crippen molar-refractivity contribution in [2.45, 2.75) is 70.8 Å². The van der Waals surface area contributed by atoms with Crippen LogP contribution in [0.5, 0.6) is 0 Å². The number of aliphatic hydroxyl groups is 1. The number of aliphatic hydroxyl groups excluding tert-OH is 1. The molecule has 6 heteroatoms. The number of carboxylic acids is 1. The zero-order valence-corrected chi connectivity index (χ0v) is 17.1. The summed E-state index contributed by atoms with van der Waals surface area (Å²) in [6.45, 7) is 1.88. The second-order valence-corrected chi connectivity index (χ2v) is 7.60. The van der Waals surface area contributed by atoms with Gasteiger partial charge in [-0.15, -0.1) is 0 Å². The number of hydrogen-bond acceptors (Lipinski definition) is 4. The molecule has 0 radical (unpaired) electrons. The van der Waals surface area contributed by atoms with Crippen molar-refractivity contribution in [2.75, 3.05) is 6.54 Å². The Morgan fingerprint density at radius 1 is 0.931 bits per heavy atom. The molecule has 0 unspecified atom stereocenters. The molecule has 0 saturated carbocycles. The molecule has 0 aromatic heterocycles. The summed E-state index contributed by atoms with van der Waals surface area (Å²) in [7, 11) is 0. The van der Waals surface area contributed by atoms with E-state index in [1.807, 2.05) is 30.3 Å². The number of amides is 1. The number of carboxylic acid groups (broad SMARTS) is 1. The molecule has 1 aliphatic heterocycles. The molecule has 1 aromatic carbocycles. The van der Waals surface area contributed by atoms with Crippen LogP contribution in [0.3, 0.4) is 0 Å². The highest BCUT2D eigenvalue weighted by molar-refractivity contribution is 6.08. The number of Topliss-reactive ketones (excluding diaryl/α,β-unsaturated/α-hetero) is 1. The van der Waals surface area contributed by atoms with Crippen molar-refractivity contribution >= 4 is 17.7 Å². The maximum absolute atomic E-state index is 12.5. The molecule has 2 rings (SSSR count). The molecule has 0 aliphatic carbocycles. The van der Waals surface area contributed by atoms with Crippen molar-refractivity contribution in [2.24, 2.45) is 0 Å². The summed E-state index contributed by atoms with van der Waals surface area (Å²) >= 11 is 0. The van der Waals surface area contributed by atoms with Crippen molar-refractivity contribution in [3.8, 4) is 0 Å². The number of ketones is 1. The molecule has 1 aliphatic rings. The number of rotatable bonds is 13. The zero-order valence-electron chi connectivity index (χ0n) is 17.1. The Hall–Kier alpha value is -2.63. The fraction of sp³-hybridized carbons (Fsp3) is 0.522. The van der Waals surface area contributed by atoms with Gasteiger partial charge in [-0.1, -0.05) is 68.9 Å². The molecule has 6 nitrogen and oxygen atoms in total. The summed E-state index contributed by atoms with van der Waals surface area (Å²) in [6.07, 6.45) is 7.99. The summed E-state index contributed by atoms with van der Waals surface area (Å²) in [5, 5.41) is 18.8. The first-order valence-corrected chi connectivity index (χ1v) is 10.4. The third-order valence-electron chi connectivity index (χ3n) is 5.34. The van der Waals surface area contributed by atoms with Gasteiger partial charge in [0.1, 0.15) is 0 Å². The van der Waals surface area contributed by atoms with Gasteiger partial charge in [-0.3, -0.25) is 14.4 Å². The van der Waals surface area contributed by atoms with Crippen LogP contribution in [0.4, 0.5) is 0 Å². The standard InChI is InChI=1S/C23H31NO5/c1-17(25)20-21(18-13-9-8-10-14-18)24(23(29)22(20)28)16-12-7-5-3-2-4-6-11-15-19(26)27/h8-10,13-14,21,28H,2-7,11-12,15-16H2,1H3,(H,26,27)/t21-/m0/s1. The molecular formula is C23H31NO5. The number of nitrogens with zero attached hydrogens (tertiary/aromatic N) is 1.